The van der Waals surface area contributed by atoms with Gasteiger partial charge in [0.25, 0.3) is 0 Å². The molecule has 1 N–H and O–H groups in total. The van der Waals surface area contributed by atoms with Crippen LogP contribution in [0.3, 0.4) is 0 Å². The molecule has 2 aliphatic carbocycles. The average molecular weight is 276 g/mol. The summed E-state index contributed by atoms with van der Waals surface area (Å²) < 4.78 is 5.49. The van der Waals surface area contributed by atoms with Crippen molar-refractivity contribution in [3.63, 3.8) is 0 Å². The van der Waals surface area contributed by atoms with Gasteiger partial charge in [0, 0.05) is 25.2 Å². The molecule has 2 aliphatic rings. The highest BCUT2D eigenvalue weighted by Crippen LogP contribution is 2.28. The molecule has 0 aromatic carbocycles. The van der Waals surface area contributed by atoms with Crippen LogP contribution in [0.25, 0.3) is 0 Å². The predicted octanol–water partition coefficient (Wildman–Crippen LogP) is 3.41. The third-order valence-electron chi connectivity index (χ3n) is 4.85. The lowest BCUT2D eigenvalue weighted by atomic mass is 9.87. The molecule has 112 valence electrons. The molecule has 0 radical (unpaired) electrons. The van der Waals surface area contributed by atoms with Gasteiger partial charge in [0.2, 0.25) is 0 Å². The molecule has 1 aromatic rings. The van der Waals surface area contributed by atoms with Crippen molar-refractivity contribution in [2.45, 2.75) is 64.1 Å². The highest BCUT2D eigenvalue weighted by atomic mass is 16.3. The summed E-state index contributed by atoms with van der Waals surface area (Å²) in [5, 5.41) is 3.76. The van der Waals surface area contributed by atoms with E-state index >= 15 is 0 Å². The van der Waals surface area contributed by atoms with E-state index in [9.17, 15) is 0 Å². The third kappa shape index (κ3) is 4.10. The largest absolute Gasteiger partial charge is 0.468 e. The highest BCUT2D eigenvalue weighted by molar-refractivity contribution is 4.99. The standard InChI is InChI=1S/C17H28N2O/c1-14-4-6-15(7-5-14)18-10-11-19(16-8-9-16)13-17-3-2-12-20-17/h2-3,12,14-16,18H,4-11,13H2,1H3. The minimum Gasteiger partial charge on any atom is -0.468 e. The first kappa shape index (κ1) is 14.2. The van der Waals surface area contributed by atoms with E-state index in [0.717, 1.165) is 43.4 Å². The van der Waals surface area contributed by atoms with Crippen molar-refractivity contribution in [2.75, 3.05) is 13.1 Å². The van der Waals surface area contributed by atoms with E-state index in [1.54, 1.807) is 6.26 Å². The molecular weight excluding hydrogens is 248 g/mol. The Bertz CT molecular complexity index is 378. The molecule has 20 heavy (non-hydrogen) atoms. The minimum absolute atomic E-state index is 0.760. The van der Waals surface area contributed by atoms with Crippen LogP contribution in [-0.4, -0.2) is 30.1 Å². The first-order valence-electron chi connectivity index (χ1n) is 8.31. The van der Waals surface area contributed by atoms with Crippen LogP contribution < -0.4 is 5.32 Å². The number of hydrogen-bond donors (Lipinski definition) is 1. The topological polar surface area (TPSA) is 28.4 Å². The van der Waals surface area contributed by atoms with Crippen molar-refractivity contribution in [3.05, 3.63) is 24.2 Å². The van der Waals surface area contributed by atoms with Crippen LogP contribution in [-0.2, 0) is 6.54 Å². The molecule has 0 aliphatic heterocycles. The Morgan fingerprint density at radius 3 is 2.65 bits per heavy atom. The molecule has 0 unspecified atom stereocenters. The molecule has 0 spiro atoms. The second-order valence-electron chi connectivity index (χ2n) is 6.69. The summed E-state index contributed by atoms with van der Waals surface area (Å²) in [6.07, 6.45) is 10.0. The SMILES string of the molecule is CC1CCC(NCCN(Cc2ccco2)C2CC2)CC1. The fraction of sp³-hybridized carbons (Fsp3) is 0.765. The maximum absolute atomic E-state index is 5.49. The van der Waals surface area contributed by atoms with Gasteiger partial charge in [-0.3, -0.25) is 4.90 Å². The number of nitrogens with zero attached hydrogens (tertiary/aromatic N) is 1. The zero-order chi connectivity index (χ0) is 13.8. The van der Waals surface area contributed by atoms with Gasteiger partial charge in [-0.2, -0.15) is 0 Å². The van der Waals surface area contributed by atoms with Crippen LogP contribution >= 0.6 is 0 Å². The average Bonchev–Trinajstić information content (AvgIpc) is 3.18. The van der Waals surface area contributed by atoms with Gasteiger partial charge in [-0.15, -0.1) is 0 Å². The maximum atomic E-state index is 5.49. The van der Waals surface area contributed by atoms with E-state index in [1.165, 1.54) is 38.5 Å². The smallest absolute Gasteiger partial charge is 0.117 e. The van der Waals surface area contributed by atoms with Crippen molar-refractivity contribution >= 4 is 0 Å². The van der Waals surface area contributed by atoms with Crippen LogP contribution in [0.1, 0.15) is 51.2 Å². The zero-order valence-corrected chi connectivity index (χ0v) is 12.7. The van der Waals surface area contributed by atoms with Gasteiger partial charge in [0.1, 0.15) is 5.76 Å². The molecule has 0 bridgehead atoms. The second-order valence-corrected chi connectivity index (χ2v) is 6.69. The fourth-order valence-electron chi connectivity index (χ4n) is 3.31. The van der Waals surface area contributed by atoms with Gasteiger partial charge in [0.05, 0.1) is 12.8 Å². The Morgan fingerprint density at radius 2 is 2.00 bits per heavy atom. The molecule has 1 heterocycles. The van der Waals surface area contributed by atoms with E-state index in [2.05, 4.69) is 23.2 Å². The summed E-state index contributed by atoms with van der Waals surface area (Å²) in [4.78, 5) is 2.58. The quantitative estimate of drug-likeness (QED) is 0.827. The summed E-state index contributed by atoms with van der Waals surface area (Å²) in [6.45, 7) is 5.63. The van der Waals surface area contributed by atoms with Gasteiger partial charge >= 0.3 is 0 Å². The van der Waals surface area contributed by atoms with Crippen molar-refractivity contribution in [1.29, 1.82) is 0 Å². The number of nitrogens with one attached hydrogen (secondary N) is 1. The van der Waals surface area contributed by atoms with Crippen molar-refractivity contribution in [3.8, 4) is 0 Å². The molecule has 0 amide bonds. The Balaban J connectivity index is 1.39. The van der Waals surface area contributed by atoms with E-state index < -0.39 is 0 Å². The van der Waals surface area contributed by atoms with E-state index in [4.69, 9.17) is 4.42 Å². The summed E-state index contributed by atoms with van der Waals surface area (Å²) in [5.74, 6) is 2.04. The fourth-order valence-corrected chi connectivity index (χ4v) is 3.31. The van der Waals surface area contributed by atoms with Gasteiger partial charge in [-0.25, -0.2) is 0 Å². The normalized spacial score (nSPS) is 27.1. The van der Waals surface area contributed by atoms with Crippen molar-refractivity contribution in [2.24, 2.45) is 5.92 Å². The van der Waals surface area contributed by atoms with Gasteiger partial charge < -0.3 is 9.73 Å². The molecule has 0 atom stereocenters. The Hall–Kier alpha value is -0.800. The lowest BCUT2D eigenvalue weighted by Gasteiger charge is -2.28. The van der Waals surface area contributed by atoms with E-state index in [1.807, 2.05) is 6.07 Å². The van der Waals surface area contributed by atoms with Crippen LogP contribution in [0.15, 0.2) is 22.8 Å². The van der Waals surface area contributed by atoms with Gasteiger partial charge in [-0.05, 0) is 56.6 Å². The Labute approximate surface area is 122 Å². The summed E-state index contributed by atoms with van der Waals surface area (Å²) in [5.41, 5.74) is 0. The van der Waals surface area contributed by atoms with Crippen LogP contribution in [0.2, 0.25) is 0 Å². The molecule has 3 rings (SSSR count). The van der Waals surface area contributed by atoms with Crippen molar-refractivity contribution < 1.29 is 4.42 Å². The van der Waals surface area contributed by atoms with E-state index in [-0.39, 0.29) is 0 Å². The summed E-state index contributed by atoms with van der Waals surface area (Å²) in [6, 6.07) is 5.64. The predicted molar refractivity (Wildman–Crippen MR) is 81.6 cm³/mol. The number of rotatable bonds is 7. The molecule has 3 heteroatoms. The van der Waals surface area contributed by atoms with Crippen LogP contribution in [0.5, 0.6) is 0 Å². The monoisotopic (exact) mass is 276 g/mol. The third-order valence-corrected chi connectivity index (χ3v) is 4.85. The first-order valence-corrected chi connectivity index (χ1v) is 8.31. The lowest BCUT2D eigenvalue weighted by molar-refractivity contribution is 0.223. The van der Waals surface area contributed by atoms with Gasteiger partial charge in [-0.1, -0.05) is 6.92 Å². The molecule has 0 saturated heterocycles. The molecule has 3 nitrogen and oxygen atoms in total. The van der Waals surface area contributed by atoms with Crippen molar-refractivity contribution in [1.82, 2.24) is 10.2 Å². The van der Waals surface area contributed by atoms with Gasteiger partial charge in [0.15, 0.2) is 0 Å². The summed E-state index contributed by atoms with van der Waals surface area (Å²) in [7, 11) is 0. The van der Waals surface area contributed by atoms with Crippen LogP contribution in [0.4, 0.5) is 0 Å². The zero-order valence-electron chi connectivity index (χ0n) is 12.7. The minimum atomic E-state index is 0.760. The molecule has 2 saturated carbocycles. The number of furan rings is 1. The van der Waals surface area contributed by atoms with Crippen LogP contribution in [0, 0.1) is 5.92 Å². The van der Waals surface area contributed by atoms with E-state index in [0.29, 0.717) is 0 Å². The highest BCUT2D eigenvalue weighted by Gasteiger charge is 2.29. The maximum Gasteiger partial charge on any atom is 0.117 e. The Kier molecular flexibility index (Phi) is 4.79. The molecule has 2 fully saturated rings. The Morgan fingerprint density at radius 1 is 1.20 bits per heavy atom. The molecule has 1 aromatic heterocycles. The second kappa shape index (κ2) is 6.77. The number of hydrogen-bond acceptors (Lipinski definition) is 3. The molecular formula is C17H28N2O. The first-order chi connectivity index (χ1) is 9.81. The summed E-state index contributed by atoms with van der Waals surface area (Å²) >= 11 is 0. The lowest BCUT2D eigenvalue weighted by Crippen LogP contribution is -2.39.